The van der Waals surface area contributed by atoms with Gasteiger partial charge in [-0.15, -0.1) is 11.3 Å². The number of thiophene rings is 1. The molecule has 0 unspecified atom stereocenters. The predicted molar refractivity (Wildman–Crippen MR) is 86.9 cm³/mol. The fourth-order valence-corrected chi connectivity index (χ4v) is 6.01. The predicted octanol–water partition coefficient (Wildman–Crippen LogP) is 3.19. The van der Waals surface area contributed by atoms with Crippen molar-refractivity contribution < 1.29 is 4.79 Å². The monoisotopic (exact) mass is 323 g/mol. The van der Waals surface area contributed by atoms with Crippen LogP contribution in [-0.4, -0.2) is 34.2 Å². The molecule has 4 nitrogen and oxygen atoms in total. The summed E-state index contributed by atoms with van der Waals surface area (Å²) in [6, 6.07) is 2.05. The Kier molecular flexibility index (Phi) is 3.36. The van der Waals surface area contributed by atoms with E-state index in [0.29, 0.717) is 0 Å². The molecule has 4 rings (SSSR count). The Morgan fingerprint density at radius 1 is 1.30 bits per heavy atom. The van der Waals surface area contributed by atoms with Gasteiger partial charge in [0.1, 0.15) is 0 Å². The van der Waals surface area contributed by atoms with Gasteiger partial charge in [0.25, 0.3) is 5.91 Å². The third kappa shape index (κ3) is 2.21. The van der Waals surface area contributed by atoms with Crippen LogP contribution in [0.2, 0.25) is 0 Å². The summed E-state index contributed by atoms with van der Waals surface area (Å²) in [4.78, 5) is 25.2. The van der Waals surface area contributed by atoms with Crippen molar-refractivity contribution in [3.63, 3.8) is 0 Å². The molecule has 1 aromatic heterocycles. The summed E-state index contributed by atoms with van der Waals surface area (Å²) in [6.45, 7) is 1.66. The van der Waals surface area contributed by atoms with Crippen LogP contribution >= 0.6 is 32.9 Å². The van der Waals surface area contributed by atoms with Crippen molar-refractivity contribution in [2.24, 2.45) is 9.98 Å². The number of hydrogen-bond acceptors (Lipinski definition) is 5. The number of carbonyl (C=O) groups is 1. The Bertz CT molecular complexity index is 611. The van der Waals surface area contributed by atoms with E-state index in [4.69, 9.17) is 0 Å². The lowest BCUT2D eigenvalue weighted by Gasteiger charge is -2.08. The highest BCUT2D eigenvalue weighted by Gasteiger charge is 2.31. The summed E-state index contributed by atoms with van der Waals surface area (Å²) in [7, 11) is 3.14. The molecule has 3 heterocycles. The highest BCUT2D eigenvalue weighted by atomic mass is 33.1. The molecule has 0 saturated carbocycles. The number of carbonyl (C=O) groups excluding carboxylic acids is 1. The second-order valence-corrected chi connectivity index (χ2v) is 8.15. The van der Waals surface area contributed by atoms with Crippen LogP contribution in [0.15, 0.2) is 16.1 Å². The van der Waals surface area contributed by atoms with Gasteiger partial charge < -0.3 is 0 Å². The van der Waals surface area contributed by atoms with Gasteiger partial charge in [-0.25, -0.2) is 0 Å². The second kappa shape index (κ2) is 5.20. The van der Waals surface area contributed by atoms with Crippen LogP contribution in [-0.2, 0) is 12.8 Å². The first-order valence-corrected chi connectivity index (χ1v) is 9.69. The zero-order valence-electron chi connectivity index (χ0n) is 10.8. The molecule has 20 heavy (non-hydrogen) atoms. The molecule has 0 N–H and O–H groups in total. The Balaban J connectivity index is 1.58. The fraction of sp³-hybridized carbons (Fsp3) is 0.462. The van der Waals surface area contributed by atoms with E-state index in [0.717, 1.165) is 41.1 Å². The normalized spacial score (nSPS) is 22.9. The first-order valence-electron chi connectivity index (χ1n) is 6.72. The molecule has 0 aromatic carbocycles. The molecule has 0 spiro atoms. The number of aliphatic imine (C=N–C) groups is 2. The number of rotatable bonds is 1. The minimum atomic E-state index is -0.0966. The smallest absolute Gasteiger partial charge is 0.289 e. The molecule has 104 valence electrons. The number of hydrogen-bond donors (Lipinski definition) is 0. The largest absolute Gasteiger partial charge is 0.297 e. The SMILES string of the molecule is O=C(N=C1SSC2=NCCN21)c1cc2c(s1)CCCC2. The molecule has 1 saturated heterocycles. The number of amidine groups is 2. The molecular weight excluding hydrogens is 310 g/mol. The average molecular weight is 323 g/mol. The van der Waals surface area contributed by atoms with E-state index in [-0.39, 0.29) is 5.91 Å². The molecule has 0 bridgehead atoms. The highest BCUT2D eigenvalue weighted by Crippen LogP contribution is 2.38. The third-order valence-corrected chi connectivity index (χ3v) is 7.04. The maximum absolute atomic E-state index is 12.3. The van der Waals surface area contributed by atoms with Gasteiger partial charge in [-0.05, 0) is 58.9 Å². The Morgan fingerprint density at radius 3 is 3.10 bits per heavy atom. The lowest BCUT2D eigenvalue weighted by atomic mass is 9.99. The van der Waals surface area contributed by atoms with E-state index in [9.17, 15) is 4.79 Å². The van der Waals surface area contributed by atoms with E-state index in [1.54, 1.807) is 22.1 Å². The Labute approximate surface area is 129 Å². The van der Waals surface area contributed by atoms with E-state index in [1.165, 1.54) is 34.1 Å². The standard InChI is InChI=1S/C13H13N3OS3/c17-11(10-7-8-3-1-2-4-9(8)18-10)15-13-16-6-5-14-12(16)19-20-13/h7H,1-6H2. The molecule has 3 aliphatic rings. The van der Waals surface area contributed by atoms with Gasteiger partial charge in [0.15, 0.2) is 10.3 Å². The average Bonchev–Trinajstić information content (AvgIpc) is 3.13. The van der Waals surface area contributed by atoms with Crippen molar-refractivity contribution >= 4 is 49.2 Å². The number of nitrogens with zero attached hydrogens (tertiary/aromatic N) is 3. The molecular formula is C13H13N3OS3. The van der Waals surface area contributed by atoms with Crippen molar-refractivity contribution in [2.75, 3.05) is 13.1 Å². The van der Waals surface area contributed by atoms with Crippen molar-refractivity contribution in [1.82, 2.24) is 4.90 Å². The molecule has 1 amide bonds. The first-order chi connectivity index (χ1) is 9.81. The van der Waals surface area contributed by atoms with Crippen LogP contribution < -0.4 is 0 Å². The van der Waals surface area contributed by atoms with Crippen molar-refractivity contribution in [3.8, 4) is 0 Å². The highest BCUT2D eigenvalue weighted by molar-refractivity contribution is 8.88. The summed E-state index contributed by atoms with van der Waals surface area (Å²) in [6.07, 6.45) is 4.72. The van der Waals surface area contributed by atoms with E-state index >= 15 is 0 Å². The summed E-state index contributed by atoms with van der Waals surface area (Å²) >= 11 is 1.63. The van der Waals surface area contributed by atoms with Gasteiger partial charge in [-0.1, -0.05) is 0 Å². The van der Waals surface area contributed by atoms with Crippen LogP contribution in [0.1, 0.15) is 33.0 Å². The van der Waals surface area contributed by atoms with E-state index in [2.05, 4.69) is 16.1 Å². The van der Waals surface area contributed by atoms with Gasteiger partial charge in [0.2, 0.25) is 0 Å². The van der Waals surface area contributed by atoms with Crippen LogP contribution in [0.4, 0.5) is 0 Å². The molecule has 7 heteroatoms. The van der Waals surface area contributed by atoms with Crippen LogP contribution in [0.25, 0.3) is 0 Å². The topological polar surface area (TPSA) is 45.0 Å². The Hall–Kier alpha value is -0.790. The molecule has 1 aromatic rings. The zero-order valence-corrected chi connectivity index (χ0v) is 13.2. The minimum Gasteiger partial charge on any atom is -0.297 e. The number of fused-ring (bicyclic) bond motifs is 2. The summed E-state index contributed by atoms with van der Waals surface area (Å²) in [5.74, 6) is -0.0966. The molecule has 2 aliphatic heterocycles. The first kappa shape index (κ1) is 12.9. The summed E-state index contributed by atoms with van der Waals surface area (Å²) in [5, 5.41) is 1.79. The molecule has 1 aliphatic carbocycles. The van der Waals surface area contributed by atoms with Crippen LogP contribution in [0.5, 0.6) is 0 Å². The van der Waals surface area contributed by atoms with E-state index < -0.39 is 0 Å². The number of amides is 1. The molecule has 0 atom stereocenters. The van der Waals surface area contributed by atoms with E-state index in [1.807, 2.05) is 4.90 Å². The van der Waals surface area contributed by atoms with Crippen molar-refractivity contribution in [3.05, 3.63) is 21.4 Å². The second-order valence-electron chi connectivity index (χ2n) is 4.95. The maximum atomic E-state index is 12.3. The zero-order chi connectivity index (χ0) is 13.5. The van der Waals surface area contributed by atoms with Crippen LogP contribution in [0, 0.1) is 0 Å². The Morgan fingerprint density at radius 2 is 2.20 bits per heavy atom. The quantitative estimate of drug-likeness (QED) is 0.745. The third-order valence-electron chi connectivity index (χ3n) is 3.63. The van der Waals surface area contributed by atoms with Gasteiger partial charge in [-0.3, -0.25) is 14.7 Å². The minimum absolute atomic E-state index is 0.0966. The van der Waals surface area contributed by atoms with Gasteiger partial charge in [-0.2, -0.15) is 4.99 Å². The summed E-state index contributed by atoms with van der Waals surface area (Å²) in [5.41, 5.74) is 1.36. The maximum Gasteiger partial charge on any atom is 0.289 e. The number of aryl methyl sites for hydroxylation is 2. The lowest BCUT2D eigenvalue weighted by Crippen LogP contribution is -2.25. The van der Waals surface area contributed by atoms with Gasteiger partial charge >= 0.3 is 0 Å². The summed E-state index contributed by atoms with van der Waals surface area (Å²) < 4.78 is 0. The van der Waals surface area contributed by atoms with Gasteiger partial charge in [0, 0.05) is 11.4 Å². The molecule has 0 radical (unpaired) electrons. The van der Waals surface area contributed by atoms with Crippen molar-refractivity contribution in [1.29, 1.82) is 0 Å². The van der Waals surface area contributed by atoms with Crippen LogP contribution in [0.3, 0.4) is 0 Å². The van der Waals surface area contributed by atoms with Gasteiger partial charge in [0.05, 0.1) is 11.4 Å². The fourth-order valence-electron chi connectivity index (χ4n) is 2.61. The van der Waals surface area contributed by atoms with Crippen molar-refractivity contribution in [2.45, 2.75) is 25.7 Å². The lowest BCUT2D eigenvalue weighted by molar-refractivity contribution is 0.101. The molecule has 1 fully saturated rings.